The average Bonchev–Trinajstić information content (AvgIpc) is 2.93. The number of alkyl carbamates (subject to hydrolysis) is 1. The number of carbonyl (C=O) groups is 4. The number of hydrogen-bond donors (Lipinski definition) is 6. The Balaban J connectivity index is 1.46. The Morgan fingerprint density at radius 1 is 1.10 bits per heavy atom. The zero-order valence-corrected chi connectivity index (χ0v) is 23.3. The van der Waals surface area contributed by atoms with Gasteiger partial charge < -0.3 is 36.2 Å². The van der Waals surface area contributed by atoms with E-state index in [-0.39, 0.29) is 48.6 Å². The van der Waals surface area contributed by atoms with Gasteiger partial charge in [0.25, 0.3) is 0 Å². The van der Waals surface area contributed by atoms with E-state index >= 15 is 0 Å². The molecule has 0 radical (unpaired) electrons. The van der Waals surface area contributed by atoms with Gasteiger partial charge in [-0.25, -0.2) is 4.79 Å². The molecule has 11 heteroatoms. The Morgan fingerprint density at radius 3 is 2.43 bits per heavy atom. The van der Waals surface area contributed by atoms with E-state index in [0.717, 1.165) is 11.1 Å². The van der Waals surface area contributed by atoms with Crippen LogP contribution < -0.4 is 11.1 Å². The van der Waals surface area contributed by atoms with Crippen LogP contribution in [0, 0.1) is 23.7 Å². The molecule has 0 heterocycles. The first-order chi connectivity index (χ1) is 19.8. The SMILES string of the molecule is CC(C)COC(=O)NCc1ccc(-c2ccc(O)c3c2C[C@H]2C[C@H]4CC(O)C(C(N)=O)C(=O)[C@@]4(O)C(=O)C2=C3O)cc1. The molecule has 3 aliphatic carbocycles. The Hall–Kier alpha value is -4.22. The molecule has 2 saturated carbocycles. The standard InChI is InChI=1S/C31H34N2O9/c1-14(2)13-42-30(40)33-12-15-3-5-16(6-4-15)19-7-8-21(34)24-20(19)10-17-9-18-11-22(35)25(29(32)39)28(38)31(18,41)27(37)23(17)26(24)36/h3-8,14,17-18,22,25,34-36,41H,9-13H2,1-2H3,(H2,32,39)(H,33,40)/t17-,18+,22?,25?,31+/m1/s1. The fraction of sp³-hybridized carbons (Fsp3) is 0.419. The Kier molecular flexibility index (Phi) is 7.59. The van der Waals surface area contributed by atoms with Crippen LogP contribution in [0.2, 0.25) is 0 Å². The van der Waals surface area contributed by atoms with Gasteiger partial charge >= 0.3 is 6.09 Å². The van der Waals surface area contributed by atoms with E-state index in [1.54, 1.807) is 6.07 Å². The topological polar surface area (TPSA) is 196 Å². The molecule has 7 N–H and O–H groups in total. The molecule has 11 nitrogen and oxygen atoms in total. The number of nitrogens with one attached hydrogen (secondary N) is 1. The lowest BCUT2D eigenvalue weighted by Crippen LogP contribution is -2.66. The molecule has 0 bridgehead atoms. The van der Waals surface area contributed by atoms with Crippen molar-refractivity contribution in [2.75, 3.05) is 6.61 Å². The number of primary amides is 1. The summed E-state index contributed by atoms with van der Waals surface area (Å²) >= 11 is 0. The lowest BCUT2D eigenvalue weighted by molar-refractivity contribution is -0.174. The molecule has 5 rings (SSSR count). The number of carbonyl (C=O) groups excluding carboxylic acids is 4. The highest BCUT2D eigenvalue weighted by molar-refractivity contribution is 6.24. The van der Waals surface area contributed by atoms with E-state index in [9.17, 15) is 39.6 Å². The van der Waals surface area contributed by atoms with Crippen LogP contribution in [0.5, 0.6) is 5.75 Å². The fourth-order valence-corrected chi connectivity index (χ4v) is 6.47. The summed E-state index contributed by atoms with van der Waals surface area (Å²) in [6.45, 7) is 4.46. The van der Waals surface area contributed by atoms with E-state index in [0.29, 0.717) is 17.7 Å². The Morgan fingerprint density at radius 2 is 1.79 bits per heavy atom. The number of phenols is 1. The van der Waals surface area contributed by atoms with Gasteiger partial charge in [-0.1, -0.05) is 44.2 Å². The molecule has 2 amide bonds. The number of nitrogens with two attached hydrogens (primary N) is 1. The van der Waals surface area contributed by atoms with Crippen LogP contribution in [0.1, 0.15) is 43.4 Å². The minimum atomic E-state index is -2.62. The van der Waals surface area contributed by atoms with Crippen molar-refractivity contribution in [3.63, 3.8) is 0 Å². The number of phenolic OH excluding ortho intramolecular Hbond substituents is 1. The third kappa shape index (κ3) is 4.82. The van der Waals surface area contributed by atoms with Crippen LogP contribution in [0.4, 0.5) is 4.79 Å². The van der Waals surface area contributed by atoms with Crippen LogP contribution in [-0.4, -0.2) is 62.3 Å². The van der Waals surface area contributed by atoms with Crippen molar-refractivity contribution >= 4 is 29.3 Å². The molecule has 3 aliphatic rings. The van der Waals surface area contributed by atoms with Crippen molar-refractivity contribution < 1.29 is 44.3 Å². The summed E-state index contributed by atoms with van der Waals surface area (Å²) in [4.78, 5) is 50.5. The third-order valence-electron chi connectivity index (χ3n) is 8.52. The van der Waals surface area contributed by atoms with E-state index in [2.05, 4.69) is 5.32 Å². The highest BCUT2D eigenvalue weighted by Crippen LogP contribution is 2.52. The van der Waals surface area contributed by atoms with Crippen LogP contribution in [-0.2, 0) is 32.1 Å². The first-order valence-corrected chi connectivity index (χ1v) is 13.9. The molecule has 0 spiro atoms. The van der Waals surface area contributed by atoms with Gasteiger partial charge in [0.05, 0.1) is 18.3 Å². The fourth-order valence-electron chi connectivity index (χ4n) is 6.47. The van der Waals surface area contributed by atoms with Gasteiger partial charge in [0.1, 0.15) is 17.4 Å². The molecule has 2 aromatic carbocycles. The van der Waals surface area contributed by atoms with Crippen LogP contribution in [0.15, 0.2) is 42.0 Å². The summed E-state index contributed by atoms with van der Waals surface area (Å²) in [5.74, 6) is -7.27. The smallest absolute Gasteiger partial charge is 0.407 e. The monoisotopic (exact) mass is 578 g/mol. The Bertz CT molecular complexity index is 1500. The maximum absolute atomic E-state index is 13.7. The number of fused-ring (bicyclic) bond motifs is 3. The van der Waals surface area contributed by atoms with Crippen molar-refractivity contribution in [1.82, 2.24) is 5.32 Å². The van der Waals surface area contributed by atoms with E-state index in [4.69, 9.17) is 10.5 Å². The van der Waals surface area contributed by atoms with E-state index in [1.807, 2.05) is 38.1 Å². The lowest BCUT2D eigenvalue weighted by Gasteiger charge is -2.48. The van der Waals surface area contributed by atoms with Gasteiger partial charge in [0, 0.05) is 18.0 Å². The number of rotatable bonds is 6. The maximum atomic E-state index is 13.7. The second-order valence-electron chi connectivity index (χ2n) is 11.8. The molecule has 5 atom stereocenters. The number of amides is 2. The van der Waals surface area contributed by atoms with Gasteiger partial charge in [-0.05, 0) is 59.4 Å². The van der Waals surface area contributed by atoms with Gasteiger partial charge in [-0.3, -0.25) is 14.4 Å². The molecule has 2 aromatic rings. The summed E-state index contributed by atoms with van der Waals surface area (Å²) in [7, 11) is 0. The quantitative estimate of drug-likeness (QED) is 0.278. The van der Waals surface area contributed by atoms with E-state index < -0.39 is 58.8 Å². The molecular weight excluding hydrogens is 544 g/mol. The van der Waals surface area contributed by atoms with Gasteiger partial charge in [-0.2, -0.15) is 0 Å². The molecule has 222 valence electrons. The van der Waals surface area contributed by atoms with Crippen molar-refractivity contribution in [2.24, 2.45) is 29.4 Å². The van der Waals surface area contributed by atoms with Gasteiger partial charge in [0.2, 0.25) is 11.7 Å². The highest BCUT2D eigenvalue weighted by atomic mass is 16.5. The summed E-state index contributed by atoms with van der Waals surface area (Å²) in [5, 5.41) is 46.6. The second kappa shape index (κ2) is 10.9. The number of aliphatic hydroxyl groups is 3. The molecule has 2 fully saturated rings. The van der Waals surface area contributed by atoms with Crippen LogP contribution >= 0.6 is 0 Å². The highest BCUT2D eigenvalue weighted by Gasteiger charge is 2.64. The second-order valence-corrected chi connectivity index (χ2v) is 11.8. The molecule has 0 aliphatic heterocycles. The zero-order chi connectivity index (χ0) is 30.5. The van der Waals surface area contributed by atoms with E-state index in [1.165, 1.54) is 6.07 Å². The summed E-state index contributed by atoms with van der Waals surface area (Å²) < 4.78 is 5.12. The first-order valence-electron chi connectivity index (χ1n) is 13.9. The normalized spacial score (nSPS) is 26.8. The minimum Gasteiger partial charge on any atom is -0.507 e. The predicted octanol–water partition coefficient (Wildman–Crippen LogP) is 2.14. The lowest BCUT2D eigenvalue weighted by atomic mass is 9.56. The average molecular weight is 579 g/mol. The largest absolute Gasteiger partial charge is 0.507 e. The number of ether oxygens (including phenoxy) is 1. The Labute approximate surface area is 242 Å². The molecule has 2 unspecified atom stereocenters. The zero-order valence-electron chi connectivity index (χ0n) is 23.3. The van der Waals surface area contributed by atoms with Crippen molar-refractivity contribution in [3.8, 4) is 16.9 Å². The first kappa shape index (κ1) is 29.3. The van der Waals surface area contributed by atoms with Crippen LogP contribution in [0.25, 0.3) is 16.9 Å². The van der Waals surface area contributed by atoms with Crippen molar-refractivity contribution in [1.29, 1.82) is 0 Å². The van der Waals surface area contributed by atoms with Gasteiger partial charge in [-0.15, -0.1) is 0 Å². The third-order valence-corrected chi connectivity index (χ3v) is 8.52. The molecule has 42 heavy (non-hydrogen) atoms. The number of Topliss-reactive ketones (excluding diaryl/α,β-unsaturated/α-hetero) is 2. The summed E-state index contributed by atoms with van der Waals surface area (Å²) in [6.07, 6.45) is -1.84. The van der Waals surface area contributed by atoms with Crippen molar-refractivity contribution in [3.05, 3.63) is 58.7 Å². The number of aromatic hydroxyl groups is 1. The molecule has 0 aromatic heterocycles. The molecule has 0 saturated heterocycles. The summed E-state index contributed by atoms with van der Waals surface area (Å²) in [5.41, 5.74) is 5.39. The predicted molar refractivity (Wildman–Crippen MR) is 150 cm³/mol. The number of hydrogen-bond acceptors (Lipinski definition) is 9. The van der Waals surface area contributed by atoms with Gasteiger partial charge in [0.15, 0.2) is 11.4 Å². The maximum Gasteiger partial charge on any atom is 0.407 e. The summed E-state index contributed by atoms with van der Waals surface area (Å²) in [6, 6.07) is 10.4. The number of aliphatic hydroxyl groups excluding tert-OH is 2. The van der Waals surface area contributed by atoms with Crippen molar-refractivity contribution in [2.45, 2.75) is 51.4 Å². The number of ketones is 2. The van der Waals surface area contributed by atoms with Crippen LogP contribution in [0.3, 0.4) is 0 Å². The number of benzene rings is 2. The minimum absolute atomic E-state index is 0.0301. The molecular formula is C31H34N2O9.